The van der Waals surface area contributed by atoms with Gasteiger partial charge in [0.2, 0.25) is 0 Å². The minimum Gasteiger partial charge on any atom is -0.396 e. The first-order chi connectivity index (χ1) is 4.81. The van der Waals surface area contributed by atoms with E-state index in [-0.39, 0.29) is 0 Å². The second-order valence-electron chi connectivity index (χ2n) is 1.59. The molecule has 0 aromatic carbocycles. The van der Waals surface area contributed by atoms with Crippen LogP contribution in [0.5, 0.6) is 0 Å². The minimum atomic E-state index is -5.53. The Morgan fingerprint density at radius 3 is 1.82 bits per heavy atom. The summed E-state index contributed by atoms with van der Waals surface area (Å²) >= 11 is -0.623. The molecule has 68 valence electrons. The van der Waals surface area contributed by atoms with E-state index in [0.717, 1.165) is 0 Å². The van der Waals surface area contributed by atoms with Gasteiger partial charge in [-0.2, -0.15) is 22.0 Å². The topological polar surface area (TPSA) is 20.2 Å². The van der Waals surface area contributed by atoms with Crippen LogP contribution in [0.15, 0.2) is 0 Å². The van der Waals surface area contributed by atoms with Crippen molar-refractivity contribution >= 4 is 11.8 Å². The number of hydrogen-bond donors (Lipinski definition) is 1. The molecule has 0 aromatic heterocycles. The third kappa shape index (κ3) is 3.24. The van der Waals surface area contributed by atoms with Crippen LogP contribution in [0, 0.1) is 0 Å². The Kier molecular flexibility index (Phi) is 3.56. The number of thioether (sulfide) groups is 1. The third-order valence-electron chi connectivity index (χ3n) is 0.705. The Labute approximate surface area is 63.6 Å². The van der Waals surface area contributed by atoms with Crippen LogP contribution < -0.4 is 0 Å². The van der Waals surface area contributed by atoms with Crippen molar-refractivity contribution in [3.05, 3.63) is 0 Å². The lowest BCUT2D eigenvalue weighted by Gasteiger charge is -2.17. The highest BCUT2D eigenvalue weighted by atomic mass is 32.2. The molecule has 0 aliphatic rings. The van der Waals surface area contributed by atoms with Crippen molar-refractivity contribution in [2.24, 2.45) is 0 Å². The van der Waals surface area contributed by atoms with E-state index < -0.39 is 35.6 Å². The summed E-state index contributed by atoms with van der Waals surface area (Å²) in [5.74, 6) is -0.632. The number of rotatable bonds is 3. The van der Waals surface area contributed by atoms with Gasteiger partial charge in [-0.15, -0.1) is 0 Å². The quantitative estimate of drug-likeness (QED) is 0.695. The first-order valence-corrected chi connectivity index (χ1v) is 3.49. The van der Waals surface area contributed by atoms with Crippen LogP contribution in [0.1, 0.15) is 0 Å². The molecule has 0 amide bonds. The van der Waals surface area contributed by atoms with Gasteiger partial charge in [-0.25, -0.2) is 0 Å². The van der Waals surface area contributed by atoms with Gasteiger partial charge in [-0.1, -0.05) is 11.8 Å². The largest absolute Gasteiger partial charge is 0.464 e. The Bertz CT molecular complexity index is 122. The zero-order valence-corrected chi connectivity index (χ0v) is 5.98. The summed E-state index contributed by atoms with van der Waals surface area (Å²) in [6, 6.07) is 0. The van der Waals surface area contributed by atoms with Crippen LogP contribution >= 0.6 is 11.8 Å². The molecule has 0 unspecified atom stereocenters. The fourth-order valence-corrected chi connectivity index (χ4v) is 0.767. The van der Waals surface area contributed by atoms with Gasteiger partial charge in [-0.3, -0.25) is 0 Å². The molecule has 0 aromatic rings. The zero-order chi connectivity index (χ0) is 9.12. The molecule has 1 nitrogen and oxygen atoms in total. The number of halogens is 5. The van der Waals surface area contributed by atoms with Gasteiger partial charge in [0.05, 0.1) is 6.61 Å². The molecule has 7 heteroatoms. The Balaban J connectivity index is 4.00. The number of alkyl halides is 5. The van der Waals surface area contributed by atoms with Gasteiger partial charge in [0, 0.05) is 5.75 Å². The first kappa shape index (κ1) is 11.0. The Hall–Kier alpha value is -0.0400. The molecule has 0 spiro atoms. The predicted octanol–water partition coefficient (Wildman–Crippen LogP) is 1.87. The second kappa shape index (κ2) is 3.57. The van der Waals surface area contributed by atoms with Crippen LogP contribution in [0.2, 0.25) is 0 Å². The lowest BCUT2D eigenvalue weighted by molar-refractivity contribution is -0.237. The summed E-state index contributed by atoms with van der Waals surface area (Å²) in [5, 5.41) is 3.22. The molecule has 0 radical (unpaired) electrons. The summed E-state index contributed by atoms with van der Waals surface area (Å²) in [5.41, 5.74) is 0. The molecule has 0 rings (SSSR count). The highest BCUT2D eigenvalue weighted by Gasteiger charge is 2.57. The summed E-state index contributed by atoms with van der Waals surface area (Å²) < 4.78 is 57.6. The van der Waals surface area contributed by atoms with Crippen molar-refractivity contribution in [2.45, 2.75) is 11.4 Å². The summed E-state index contributed by atoms with van der Waals surface area (Å²) in [6.07, 6.45) is -5.53. The predicted molar refractivity (Wildman–Crippen MR) is 30.5 cm³/mol. The van der Waals surface area contributed by atoms with E-state index >= 15 is 0 Å². The van der Waals surface area contributed by atoms with E-state index in [1.807, 2.05) is 0 Å². The number of hydrogen-bond acceptors (Lipinski definition) is 2. The van der Waals surface area contributed by atoms with Crippen molar-refractivity contribution in [1.82, 2.24) is 0 Å². The van der Waals surface area contributed by atoms with Crippen LogP contribution in [-0.2, 0) is 0 Å². The van der Waals surface area contributed by atoms with Crippen molar-refractivity contribution in [1.29, 1.82) is 0 Å². The Morgan fingerprint density at radius 2 is 1.55 bits per heavy atom. The molecule has 0 saturated heterocycles. The van der Waals surface area contributed by atoms with Crippen molar-refractivity contribution in [2.75, 3.05) is 12.4 Å². The third-order valence-corrected chi connectivity index (χ3v) is 1.69. The molecule has 0 aliphatic carbocycles. The Morgan fingerprint density at radius 1 is 1.09 bits per heavy atom. The van der Waals surface area contributed by atoms with Crippen LogP contribution in [0.25, 0.3) is 0 Å². The van der Waals surface area contributed by atoms with E-state index in [2.05, 4.69) is 0 Å². The molecular formula is C4H5F5OS. The molecule has 0 atom stereocenters. The maximum absolute atomic E-state index is 11.8. The lowest BCUT2D eigenvalue weighted by Crippen LogP contribution is -2.33. The van der Waals surface area contributed by atoms with Crippen molar-refractivity contribution < 1.29 is 27.1 Å². The van der Waals surface area contributed by atoms with E-state index in [1.165, 1.54) is 0 Å². The van der Waals surface area contributed by atoms with E-state index in [9.17, 15) is 22.0 Å². The fourth-order valence-electron chi connectivity index (χ4n) is 0.256. The number of aliphatic hydroxyl groups excluding tert-OH is 1. The van der Waals surface area contributed by atoms with Gasteiger partial charge in [-0.05, 0) is 0 Å². The van der Waals surface area contributed by atoms with Gasteiger partial charge in [0.15, 0.2) is 0 Å². The van der Waals surface area contributed by atoms with E-state index in [4.69, 9.17) is 5.11 Å². The monoisotopic (exact) mass is 196 g/mol. The van der Waals surface area contributed by atoms with Gasteiger partial charge >= 0.3 is 11.4 Å². The number of aliphatic hydroxyl groups is 1. The van der Waals surface area contributed by atoms with Crippen LogP contribution in [0.4, 0.5) is 22.0 Å². The average Bonchev–Trinajstić information content (AvgIpc) is 1.81. The summed E-state index contributed by atoms with van der Waals surface area (Å²) in [4.78, 5) is 0. The maximum atomic E-state index is 11.8. The highest BCUT2D eigenvalue weighted by Crippen LogP contribution is 2.43. The van der Waals surface area contributed by atoms with Crippen molar-refractivity contribution in [3.63, 3.8) is 0 Å². The molecule has 0 heterocycles. The van der Waals surface area contributed by atoms with E-state index in [1.54, 1.807) is 0 Å². The molecule has 11 heavy (non-hydrogen) atoms. The van der Waals surface area contributed by atoms with Crippen LogP contribution in [-0.4, -0.2) is 28.9 Å². The van der Waals surface area contributed by atoms with Gasteiger partial charge in [0.1, 0.15) is 0 Å². The molecule has 0 aliphatic heterocycles. The molecule has 0 fully saturated rings. The summed E-state index contributed by atoms with van der Waals surface area (Å²) in [6.45, 7) is -0.698. The molecule has 0 bridgehead atoms. The summed E-state index contributed by atoms with van der Waals surface area (Å²) in [7, 11) is 0. The molecule has 0 saturated carbocycles. The van der Waals surface area contributed by atoms with E-state index in [0.29, 0.717) is 0 Å². The highest BCUT2D eigenvalue weighted by molar-refractivity contribution is 8.00. The normalized spacial score (nSPS) is 13.6. The fraction of sp³-hybridized carbons (Fsp3) is 1.00. The zero-order valence-electron chi connectivity index (χ0n) is 5.16. The lowest BCUT2D eigenvalue weighted by atomic mass is 10.7. The van der Waals surface area contributed by atoms with Crippen LogP contribution in [0.3, 0.4) is 0 Å². The SMILES string of the molecule is OCCSC(F)(F)C(F)(F)F. The van der Waals surface area contributed by atoms with Crippen molar-refractivity contribution in [3.8, 4) is 0 Å². The van der Waals surface area contributed by atoms with Gasteiger partial charge < -0.3 is 5.11 Å². The molecular weight excluding hydrogens is 191 g/mol. The second-order valence-corrected chi connectivity index (χ2v) is 2.80. The molecule has 1 N–H and O–H groups in total. The minimum absolute atomic E-state index is 0.623. The first-order valence-electron chi connectivity index (χ1n) is 2.50. The standard InChI is InChI=1S/C4H5F5OS/c5-3(6,7)4(8,9)11-2-1-10/h10H,1-2H2. The smallest absolute Gasteiger partial charge is 0.396 e. The van der Waals surface area contributed by atoms with Gasteiger partial charge in [0.25, 0.3) is 0 Å². The average molecular weight is 196 g/mol. The maximum Gasteiger partial charge on any atom is 0.464 e.